The molecule has 3 aromatic rings. The highest BCUT2D eigenvalue weighted by atomic mass is 32.2. The van der Waals surface area contributed by atoms with Crippen molar-refractivity contribution >= 4 is 37.3 Å². The van der Waals surface area contributed by atoms with E-state index in [-0.39, 0.29) is 38.2 Å². The van der Waals surface area contributed by atoms with Crippen molar-refractivity contribution in [3.63, 3.8) is 0 Å². The van der Waals surface area contributed by atoms with E-state index in [0.29, 0.717) is 12.3 Å². The molecule has 0 aliphatic carbocycles. The summed E-state index contributed by atoms with van der Waals surface area (Å²) in [6.07, 6.45) is 0. The van der Waals surface area contributed by atoms with Crippen molar-refractivity contribution in [3.8, 4) is 17.2 Å². The number of ether oxygens (including phenoxy) is 3. The van der Waals surface area contributed by atoms with Gasteiger partial charge in [-0.25, -0.2) is 16.8 Å². The van der Waals surface area contributed by atoms with Crippen molar-refractivity contribution in [2.75, 3.05) is 37.3 Å². The van der Waals surface area contributed by atoms with Crippen LogP contribution < -0.4 is 29.0 Å². The minimum Gasteiger partial charge on any atom is -0.497 e. The number of benzene rings is 3. The molecule has 0 radical (unpaired) electrons. The van der Waals surface area contributed by atoms with Crippen LogP contribution >= 0.6 is 0 Å². The minimum atomic E-state index is -4.10. The molecule has 0 aliphatic heterocycles. The van der Waals surface area contributed by atoms with Crippen LogP contribution in [0.15, 0.2) is 70.5 Å². The molecule has 0 atom stereocenters. The third-order valence-corrected chi connectivity index (χ3v) is 7.89. The number of nitrogens with one attached hydrogen (secondary N) is 3. The molecule has 0 bridgehead atoms. The quantitative estimate of drug-likeness (QED) is 0.330. The minimum absolute atomic E-state index is 0.0636. The predicted octanol–water partition coefficient (Wildman–Crippen LogP) is 3.06. The third kappa shape index (κ3) is 6.43. The van der Waals surface area contributed by atoms with Gasteiger partial charge >= 0.3 is 0 Å². The Bertz CT molecular complexity index is 1490. The Hall–Kier alpha value is -3.97. The number of methoxy groups -OCH3 is 3. The molecule has 3 N–H and O–H groups in total. The molecule has 1 amide bonds. The van der Waals surface area contributed by atoms with Crippen molar-refractivity contribution in [2.45, 2.75) is 16.7 Å². The second-order valence-electron chi connectivity index (χ2n) is 7.52. The van der Waals surface area contributed by atoms with Crippen LogP contribution in [0.4, 0.5) is 11.4 Å². The molecule has 3 aromatic carbocycles. The topological polar surface area (TPSA) is 149 Å². The molecular weight excluding hydrogens is 522 g/mol. The van der Waals surface area contributed by atoms with E-state index in [1.165, 1.54) is 75.9 Å². The maximum absolute atomic E-state index is 12.9. The van der Waals surface area contributed by atoms with Gasteiger partial charge in [-0.1, -0.05) is 0 Å². The van der Waals surface area contributed by atoms with Gasteiger partial charge in [-0.15, -0.1) is 0 Å². The van der Waals surface area contributed by atoms with Crippen LogP contribution in [0.3, 0.4) is 0 Å². The summed E-state index contributed by atoms with van der Waals surface area (Å²) in [4.78, 5) is 12.0. The smallest absolute Gasteiger partial charge is 0.262 e. The van der Waals surface area contributed by atoms with Gasteiger partial charge in [0.2, 0.25) is 0 Å². The number of amides is 1. The Labute approximate surface area is 215 Å². The van der Waals surface area contributed by atoms with E-state index < -0.39 is 26.0 Å². The average Bonchev–Trinajstić information content (AvgIpc) is 2.88. The molecular formula is C24H27N3O8S2. The van der Waals surface area contributed by atoms with Crippen LogP contribution in [-0.4, -0.2) is 50.6 Å². The lowest BCUT2D eigenvalue weighted by Crippen LogP contribution is -2.24. The van der Waals surface area contributed by atoms with E-state index >= 15 is 0 Å². The Balaban J connectivity index is 1.82. The van der Waals surface area contributed by atoms with Gasteiger partial charge in [0.15, 0.2) is 0 Å². The van der Waals surface area contributed by atoms with Crippen molar-refractivity contribution < 1.29 is 35.8 Å². The van der Waals surface area contributed by atoms with Crippen molar-refractivity contribution in [2.24, 2.45) is 0 Å². The third-order valence-electron chi connectivity index (χ3n) is 5.13. The summed E-state index contributed by atoms with van der Waals surface area (Å²) in [5.74, 6) is 0.498. The van der Waals surface area contributed by atoms with Crippen LogP contribution in [0.25, 0.3) is 0 Å². The summed E-state index contributed by atoms with van der Waals surface area (Å²) in [5.41, 5.74) is 0.389. The molecule has 37 heavy (non-hydrogen) atoms. The maximum Gasteiger partial charge on any atom is 0.262 e. The van der Waals surface area contributed by atoms with E-state index in [1.807, 2.05) is 0 Å². The first-order valence-electron chi connectivity index (χ1n) is 10.9. The monoisotopic (exact) mass is 549 g/mol. The first kappa shape index (κ1) is 27.6. The average molecular weight is 550 g/mol. The summed E-state index contributed by atoms with van der Waals surface area (Å²) in [5, 5.41) is 2.60. The lowest BCUT2D eigenvalue weighted by molar-refractivity contribution is 0.0952. The highest BCUT2D eigenvalue weighted by molar-refractivity contribution is 7.93. The van der Waals surface area contributed by atoms with Crippen molar-refractivity contribution in [3.05, 3.63) is 66.2 Å². The van der Waals surface area contributed by atoms with Gasteiger partial charge in [0, 0.05) is 18.3 Å². The molecule has 0 heterocycles. The summed E-state index contributed by atoms with van der Waals surface area (Å²) in [7, 11) is -3.86. The number of hydrogen-bond acceptors (Lipinski definition) is 8. The summed E-state index contributed by atoms with van der Waals surface area (Å²) in [6.45, 7) is 2.09. The zero-order valence-electron chi connectivity index (χ0n) is 20.6. The zero-order chi connectivity index (χ0) is 27.2. The predicted molar refractivity (Wildman–Crippen MR) is 139 cm³/mol. The molecule has 11 nitrogen and oxygen atoms in total. The molecule has 198 valence electrons. The Morgan fingerprint density at radius 1 is 0.730 bits per heavy atom. The van der Waals surface area contributed by atoms with Gasteiger partial charge in [-0.05, 0) is 61.5 Å². The van der Waals surface area contributed by atoms with Crippen molar-refractivity contribution in [1.82, 2.24) is 5.32 Å². The molecule has 3 rings (SSSR count). The summed E-state index contributed by atoms with van der Waals surface area (Å²) < 4.78 is 71.9. The number of anilines is 2. The maximum atomic E-state index is 12.9. The van der Waals surface area contributed by atoms with Gasteiger partial charge in [0.05, 0.1) is 42.4 Å². The van der Waals surface area contributed by atoms with Crippen molar-refractivity contribution in [1.29, 1.82) is 0 Å². The lowest BCUT2D eigenvalue weighted by atomic mass is 10.2. The Kier molecular flexibility index (Phi) is 8.50. The number of hydrogen-bond donors (Lipinski definition) is 3. The number of carbonyl (C=O) groups is 1. The Morgan fingerprint density at radius 3 is 1.95 bits per heavy atom. The normalized spacial score (nSPS) is 11.4. The second kappa shape index (κ2) is 11.4. The zero-order valence-corrected chi connectivity index (χ0v) is 22.2. The largest absolute Gasteiger partial charge is 0.497 e. The second-order valence-corrected chi connectivity index (χ2v) is 10.9. The van der Waals surface area contributed by atoms with Gasteiger partial charge in [-0.3, -0.25) is 14.2 Å². The fraction of sp³-hybridized carbons (Fsp3) is 0.208. The summed E-state index contributed by atoms with van der Waals surface area (Å²) >= 11 is 0. The first-order chi connectivity index (χ1) is 17.5. The van der Waals surface area contributed by atoms with Crippen LogP contribution in [0.1, 0.15) is 17.3 Å². The number of sulfonamides is 2. The highest BCUT2D eigenvalue weighted by Gasteiger charge is 2.21. The number of rotatable bonds is 11. The van der Waals surface area contributed by atoms with Crippen LogP contribution in [0, 0.1) is 0 Å². The molecule has 0 spiro atoms. The number of carbonyl (C=O) groups excluding carboxylic acids is 1. The molecule has 0 saturated heterocycles. The van der Waals surface area contributed by atoms with Crippen LogP contribution in [0.2, 0.25) is 0 Å². The molecule has 0 aromatic heterocycles. The van der Waals surface area contributed by atoms with Gasteiger partial charge in [0.1, 0.15) is 17.2 Å². The Morgan fingerprint density at radius 2 is 1.35 bits per heavy atom. The molecule has 0 fully saturated rings. The van der Waals surface area contributed by atoms with Crippen LogP contribution in [0.5, 0.6) is 17.2 Å². The standard InChI is InChI=1S/C24H27N3O8S2/c1-5-25-24(28)20-15-19(11-13-22(20)34-3)37(31,32)26-16-6-9-18(10-7-16)36(29,30)27-21-12-8-17(33-2)14-23(21)35-4/h6-15,26-27H,5H2,1-4H3,(H,25,28). The van der Waals surface area contributed by atoms with E-state index in [4.69, 9.17) is 14.2 Å². The van der Waals surface area contributed by atoms with Gasteiger partial charge in [0.25, 0.3) is 26.0 Å². The van der Waals surface area contributed by atoms with Crippen LogP contribution in [-0.2, 0) is 20.0 Å². The van der Waals surface area contributed by atoms with E-state index in [2.05, 4.69) is 14.8 Å². The fourth-order valence-corrected chi connectivity index (χ4v) is 5.45. The lowest BCUT2D eigenvalue weighted by Gasteiger charge is -2.14. The summed E-state index contributed by atoms with van der Waals surface area (Å²) in [6, 6.07) is 13.6. The SMILES string of the molecule is CCNC(=O)c1cc(S(=O)(=O)Nc2ccc(S(=O)(=O)Nc3ccc(OC)cc3OC)cc2)ccc1OC. The van der Waals surface area contributed by atoms with E-state index in [9.17, 15) is 21.6 Å². The first-order valence-corrected chi connectivity index (χ1v) is 13.8. The molecule has 0 unspecified atom stereocenters. The van der Waals surface area contributed by atoms with Gasteiger partial charge in [-0.2, -0.15) is 0 Å². The molecule has 0 saturated carbocycles. The molecule has 0 aliphatic rings. The fourth-order valence-electron chi connectivity index (χ4n) is 3.29. The highest BCUT2D eigenvalue weighted by Crippen LogP contribution is 2.31. The molecule has 13 heteroatoms. The van der Waals surface area contributed by atoms with E-state index in [0.717, 1.165) is 0 Å². The van der Waals surface area contributed by atoms with E-state index in [1.54, 1.807) is 13.0 Å². The van der Waals surface area contributed by atoms with Gasteiger partial charge < -0.3 is 19.5 Å².